The second kappa shape index (κ2) is 7.89. The molecule has 0 saturated heterocycles. The molecule has 3 rings (SSSR count). The number of rotatable bonds is 5. The molecule has 0 spiro atoms. The van der Waals surface area contributed by atoms with Gasteiger partial charge >= 0.3 is 0 Å². The first-order chi connectivity index (χ1) is 13.0. The summed E-state index contributed by atoms with van der Waals surface area (Å²) in [6.07, 6.45) is 0. The van der Waals surface area contributed by atoms with E-state index in [4.69, 9.17) is 5.73 Å². The van der Waals surface area contributed by atoms with Gasteiger partial charge in [0.1, 0.15) is 11.1 Å². The molecule has 0 aliphatic rings. The Morgan fingerprint density at radius 1 is 1.22 bits per heavy atom. The number of amides is 2. The van der Waals surface area contributed by atoms with Gasteiger partial charge in [-0.05, 0) is 36.8 Å². The van der Waals surface area contributed by atoms with Crippen molar-refractivity contribution in [3.8, 4) is 6.07 Å². The maximum atomic E-state index is 12.3. The molecule has 7 heteroatoms. The van der Waals surface area contributed by atoms with Crippen molar-refractivity contribution < 1.29 is 9.59 Å². The highest BCUT2D eigenvalue weighted by atomic mass is 32.2. The summed E-state index contributed by atoms with van der Waals surface area (Å²) in [4.78, 5) is 28.2. The molecule has 0 aliphatic heterocycles. The fraction of sp³-hybridized carbons (Fsp3) is 0.100. The van der Waals surface area contributed by atoms with Crippen LogP contribution in [-0.4, -0.2) is 22.6 Å². The first-order valence-electron chi connectivity index (χ1n) is 8.11. The third-order valence-corrected chi connectivity index (χ3v) is 4.86. The number of carbonyl (C=O) groups is 2. The molecule has 3 N–H and O–H groups in total. The van der Waals surface area contributed by atoms with Crippen LogP contribution in [0.4, 0.5) is 5.69 Å². The highest BCUT2D eigenvalue weighted by molar-refractivity contribution is 8.00. The van der Waals surface area contributed by atoms with Crippen molar-refractivity contribution in [2.75, 3.05) is 11.1 Å². The third kappa shape index (κ3) is 4.25. The monoisotopic (exact) mass is 376 g/mol. The number of hydrogen-bond acceptors (Lipinski definition) is 5. The number of pyridine rings is 1. The molecule has 2 aromatic carbocycles. The van der Waals surface area contributed by atoms with Crippen LogP contribution in [0.15, 0.2) is 53.6 Å². The van der Waals surface area contributed by atoms with Crippen molar-refractivity contribution in [3.05, 3.63) is 65.2 Å². The Morgan fingerprint density at radius 2 is 2.00 bits per heavy atom. The maximum absolute atomic E-state index is 12.3. The Morgan fingerprint density at radius 3 is 2.74 bits per heavy atom. The van der Waals surface area contributed by atoms with E-state index in [1.807, 2.05) is 25.1 Å². The number of primary amides is 1. The molecule has 0 bridgehead atoms. The topological polar surface area (TPSA) is 109 Å². The zero-order valence-electron chi connectivity index (χ0n) is 14.5. The van der Waals surface area contributed by atoms with E-state index in [2.05, 4.69) is 16.4 Å². The number of nitriles is 1. The first-order valence-corrected chi connectivity index (χ1v) is 9.09. The zero-order valence-corrected chi connectivity index (χ0v) is 15.3. The van der Waals surface area contributed by atoms with Crippen LogP contribution in [0, 0.1) is 18.3 Å². The van der Waals surface area contributed by atoms with Crippen LogP contribution in [0.25, 0.3) is 10.9 Å². The lowest BCUT2D eigenvalue weighted by Crippen LogP contribution is -2.19. The van der Waals surface area contributed by atoms with Crippen LogP contribution in [-0.2, 0) is 4.79 Å². The minimum Gasteiger partial charge on any atom is -0.366 e. The molecule has 0 atom stereocenters. The number of para-hydroxylation sites is 1. The fourth-order valence-electron chi connectivity index (χ4n) is 2.58. The molecular weight excluding hydrogens is 360 g/mol. The largest absolute Gasteiger partial charge is 0.366 e. The summed E-state index contributed by atoms with van der Waals surface area (Å²) >= 11 is 1.17. The van der Waals surface area contributed by atoms with Crippen LogP contribution < -0.4 is 11.1 Å². The summed E-state index contributed by atoms with van der Waals surface area (Å²) in [5.74, 6) is -0.882. The number of nitrogens with zero attached hydrogens (tertiary/aromatic N) is 2. The van der Waals surface area contributed by atoms with E-state index in [0.29, 0.717) is 16.3 Å². The van der Waals surface area contributed by atoms with Gasteiger partial charge in [-0.3, -0.25) is 9.59 Å². The summed E-state index contributed by atoms with van der Waals surface area (Å²) in [6, 6.07) is 16.2. The molecule has 1 heterocycles. The number of nitrogens with one attached hydrogen (secondary N) is 1. The minimum absolute atomic E-state index is 0.0477. The second-order valence-corrected chi connectivity index (χ2v) is 6.86. The van der Waals surface area contributed by atoms with Crippen molar-refractivity contribution >= 4 is 40.2 Å². The molecule has 6 nitrogen and oxygen atoms in total. The summed E-state index contributed by atoms with van der Waals surface area (Å²) in [5.41, 5.74) is 8.18. The maximum Gasteiger partial charge on any atom is 0.250 e. The number of thioether (sulfide) groups is 1. The van der Waals surface area contributed by atoms with E-state index >= 15 is 0 Å². The van der Waals surface area contributed by atoms with E-state index in [-0.39, 0.29) is 17.2 Å². The Balaban J connectivity index is 1.77. The van der Waals surface area contributed by atoms with Crippen molar-refractivity contribution in [1.82, 2.24) is 4.98 Å². The van der Waals surface area contributed by atoms with Gasteiger partial charge in [-0.2, -0.15) is 5.26 Å². The molecule has 2 amide bonds. The first kappa shape index (κ1) is 18.4. The number of benzene rings is 2. The summed E-state index contributed by atoms with van der Waals surface area (Å²) < 4.78 is 0. The van der Waals surface area contributed by atoms with Crippen LogP contribution >= 0.6 is 11.8 Å². The normalized spacial score (nSPS) is 10.4. The summed E-state index contributed by atoms with van der Waals surface area (Å²) in [7, 11) is 0. The lowest BCUT2D eigenvalue weighted by atomic mass is 10.1. The van der Waals surface area contributed by atoms with E-state index in [1.165, 1.54) is 11.8 Å². The highest BCUT2D eigenvalue weighted by Crippen LogP contribution is 2.25. The highest BCUT2D eigenvalue weighted by Gasteiger charge is 2.13. The van der Waals surface area contributed by atoms with Gasteiger partial charge in [0, 0.05) is 5.39 Å². The number of aromatic nitrogens is 1. The van der Waals surface area contributed by atoms with Gasteiger partial charge < -0.3 is 11.1 Å². The standard InChI is InChI=1S/C20H16N4O2S/c1-12-6-7-13-9-14(10-21)20(24-17(13)8-12)27-11-18(25)23-16-5-3-2-4-15(16)19(22)26/h2-9H,11H2,1H3,(H2,22,26)(H,23,25). The Kier molecular flexibility index (Phi) is 5.38. The molecule has 0 aliphatic carbocycles. The van der Waals surface area contributed by atoms with Crippen LogP contribution in [0.3, 0.4) is 0 Å². The van der Waals surface area contributed by atoms with Crippen LogP contribution in [0.2, 0.25) is 0 Å². The number of hydrogen-bond donors (Lipinski definition) is 2. The molecule has 27 heavy (non-hydrogen) atoms. The zero-order chi connectivity index (χ0) is 19.4. The molecular formula is C20H16N4O2S. The smallest absolute Gasteiger partial charge is 0.250 e. The van der Waals surface area contributed by atoms with Gasteiger partial charge in [0.05, 0.1) is 28.1 Å². The van der Waals surface area contributed by atoms with Gasteiger partial charge in [-0.1, -0.05) is 36.0 Å². The van der Waals surface area contributed by atoms with Crippen molar-refractivity contribution in [1.29, 1.82) is 5.26 Å². The average molecular weight is 376 g/mol. The summed E-state index contributed by atoms with van der Waals surface area (Å²) in [6.45, 7) is 1.97. The van der Waals surface area contributed by atoms with Gasteiger partial charge in [0.2, 0.25) is 5.91 Å². The average Bonchev–Trinajstić information content (AvgIpc) is 2.65. The SMILES string of the molecule is Cc1ccc2cc(C#N)c(SCC(=O)Nc3ccccc3C(N)=O)nc2c1. The predicted octanol–water partition coefficient (Wildman–Crippen LogP) is 3.24. The molecule has 0 unspecified atom stereocenters. The number of carbonyl (C=O) groups excluding carboxylic acids is 2. The van der Waals surface area contributed by atoms with E-state index in [0.717, 1.165) is 16.5 Å². The molecule has 0 radical (unpaired) electrons. The number of anilines is 1. The lowest BCUT2D eigenvalue weighted by Gasteiger charge is -2.09. The van der Waals surface area contributed by atoms with Gasteiger partial charge in [0.25, 0.3) is 5.91 Å². The number of fused-ring (bicyclic) bond motifs is 1. The second-order valence-electron chi connectivity index (χ2n) is 5.90. The van der Waals surface area contributed by atoms with Crippen LogP contribution in [0.1, 0.15) is 21.5 Å². The van der Waals surface area contributed by atoms with Crippen molar-refractivity contribution in [2.45, 2.75) is 11.9 Å². The lowest BCUT2D eigenvalue weighted by molar-refractivity contribution is -0.113. The predicted molar refractivity (Wildman–Crippen MR) is 106 cm³/mol. The number of aryl methyl sites for hydroxylation is 1. The Hall–Kier alpha value is -3.37. The molecule has 0 saturated carbocycles. The van der Waals surface area contributed by atoms with E-state index in [1.54, 1.807) is 30.3 Å². The number of nitrogens with two attached hydrogens (primary N) is 1. The Labute approximate surface area is 160 Å². The van der Waals surface area contributed by atoms with Crippen molar-refractivity contribution in [3.63, 3.8) is 0 Å². The van der Waals surface area contributed by atoms with E-state index < -0.39 is 5.91 Å². The van der Waals surface area contributed by atoms with E-state index in [9.17, 15) is 14.9 Å². The minimum atomic E-state index is -0.614. The molecule has 1 aromatic heterocycles. The Bertz CT molecular complexity index is 1090. The molecule has 0 fully saturated rings. The van der Waals surface area contributed by atoms with Crippen LogP contribution in [0.5, 0.6) is 0 Å². The third-order valence-electron chi connectivity index (χ3n) is 3.87. The molecule has 134 valence electrons. The quantitative estimate of drug-likeness (QED) is 0.665. The van der Waals surface area contributed by atoms with Gasteiger partial charge in [-0.25, -0.2) is 4.98 Å². The van der Waals surface area contributed by atoms with Gasteiger partial charge in [-0.15, -0.1) is 0 Å². The summed E-state index contributed by atoms with van der Waals surface area (Å²) in [5, 5.41) is 13.4. The molecule has 3 aromatic rings. The fourth-order valence-corrected chi connectivity index (χ4v) is 3.34. The van der Waals surface area contributed by atoms with Crippen molar-refractivity contribution in [2.24, 2.45) is 5.73 Å². The van der Waals surface area contributed by atoms with Gasteiger partial charge in [0.15, 0.2) is 0 Å².